The van der Waals surface area contributed by atoms with Crippen molar-refractivity contribution >= 4 is 46.5 Å². The zero-order valence-corrected chi connectivity index (χ0v) is 31.3. The van der Waals surface area contributed by atoms with E-state index in [1.54, 1.807) is 20.8 Å². The number of ketones is 1. The molecule has 0 radical (unpaired) electrons. The summed E-state index contributed by atoms with van der Waals surface area (Å²) in [6, 6.07) is -0.563. The van der Waals surface area contributed by atoms with E-state index >= 15 is 0 Å². The van der Waals surface area contributed by atoms with Crippen LogP contribution in [0.2, 0.25) is 0 Å². The molecule has 268 valence electrons. The summed E-state index contributed by atoms with van der Waals surface area (Å²) in [4.78, 5) is 47.3. The monoisotopic (exact) mass is 785 g/mol. The molecule has 0 amide bonds. The number of terminal acetylenes is 1. The summed E-state index contributed by atoms with van der Waals surface area (Å²) in [7, 11) is 2.06. The van der Waals surface area contributed by atoms with Gasteiger partial charge in [-0.25, -0.2) is 0 Å². The summed E-state index contributed by atoms with van der Waals surface area (Å²) in [5, 5.41) is 3.66. The molecule has 2 unspecified atom stereocenters. The number of hydrogen-bond donors (Lipinski definition) is 1. The number of cyclic esters (lactones) is 1. The number of fused-ring (bicyclic) bond motifs is 6. The molecule has 1 N–H and O–H groups in total. The lowest BCUT2D eigenvalue weighted by molar-refractivity contribution is -0.258. The minimum Gasteiger partial charge on any atom is -0.455 e. The number of Topliss-reactive ketones (excluding diaryl/α,β-unsaturated/α-hetero) is 1. The molecule has 13 heteroatoms. The number of aliphatic imine (C=N–C) groups is 1. The van der Waals surface area contributed by atoms with E-state index in [2.05, 4.69) is 30.1 Å². The van der Waals surface area contributed by atoms with Crippen molar-refractivity contribution in [1.82, 2.24) is 10.2 Å². The van der Waals surface area contributed by atoms with E-state index in [-0.39, 0.29) is 41.8 Å². The third kappa shape index (κ3) is 7.50. The Hall–Kier alpha value is -1.67. The average molecular weight is 786 g/mol. The third-order valence-corrected chi connectivity index (χ3v) is 12.8. The van der Waals surface area contributed by atoms with Gasteiger partial charge < -0.3 is 38.6 Å². The molecule has 4 bridgehead atoms. The standard InChI is InChI=1S/C35H52IN3O9/c1-9-10-11-39(8)24-12-19(2)46-27(13-24)47-31-21(4)29(41)22(5)32(42)48-33(36)35(7,45-18-40)30-20(3)28(23-14-34(31,6)44-15-23)37-25-16-43-17-26(25)38-30/h1,18-27,30-31,33,38H,10-17H2,2-8H3/t19-,20+,21+,22-,23+,24+,25?,26?,27+,30-,31-,33+,34-,35+/m1/s1. The lowest BCUT2D eigenvalue weighted by atomic mass is 9.75. The average Bonchev–Trinajstić information content (AvgIpc) is 3.64. The fourth-order valence-electron chi connectivity index (χ4n) is 8.36. The van der Waals surface area contributed by atoms with Crippen molar-refractivity contribution in [3.05, 3.63) is 0 Å². The van der Waals surface area contributed by atoms with Crippen LogP contribution >= 0.6 is 22.6 Å². The molecule has 5 rings (SSSR count). The molecular weight excluding hydrogens is 733 g/mol. The van der Waals surface area contributed by atoms with Crippen LogP contribution in [-0.4, -0.2) is 120 Å². The summed E-state index contributed by atoms with van der Waals surface area (Å²) >= 11 is 1.99. The second kappa shape index (κ2) is 15.3. The van der Waals surface area contributed by atoms with Crippen LogP contribution in [0.1, 0.15) is 67.2 Å². The first-order valence-corrected chi connectivity index (χ1v) is 18.5. The smallest absolute Gasteiger partial charge is 0.317 e. The molecule has 12 nitrogen and oxygen atoms in total. The van der Waals surface area contributed by atoms with Gasteiger partial charge in [-0.05, 0) is 70.2 Å². The Balaban J connectivity index is 1.53. The number of alkyl halides is 1. The van der Waals surface area contributed by atoms with Gasteiger partial charge in [-0.2, -0.15) is 0 Å². The summed E-state index contributed by atoms with van der Waals surface area (Å²) < 4.78 is 36.5. The molecular formula is C35H52IN3O9. The number of ether oxygens (including phenoxy) is 6. The predicted molar refractivity (Wildman–Crippen MR) is 185 cm³/mol. The molecule has 5 aliphatic rings. The predicted octanol–water partition coefficient (Wildman–Crippen LogP) is 2.92. The second-order valence-corrected chi connectivity index (χ2v) is 15.9. The van der Waals surface area contributed by atoms with E-state index in [1.807, 2.05) is 36.4 Å². The van der Waals surface area contributed by atoms with E-state index in [4.69, 9.17) is 39.8 Å². The molecule has 4 fully saturated rings. The van der Waals surface area contributed by atoms with Gasteiger partial charge in [0.2, 0.25) is 0 Å². The molecule has 0 aromatic rings. The molecule has 0 aromatic carbocycles. The maximum atomic E-state index is 14.1. The normalized spacial score (nSPS) is 45.3. The van der Waals surface area contributed by atoms with Gasteiger partial charge in [-0.15, -0.1) is 12.3 Å². The van der Waals surface area contributed by atoms with Gasteiger partial charge in [0.25, 0.3) is 6.47 Å². The minimum absolute atomic E-state index is 0.0683. The molecule has 0 spiro atoms. The highest BCUT2D eigenvalue weighted by atomic mass is 127. The van der Waals surface area contributed by atoms with Crippen molar-refractivity contribution in [2.75, 3.05) is 33.4 Å². The Morgan fingerprint density at radius 2 is 1.90 bits per heavy atom. The number of carbonyl (C=O) groups excluding carboxylic acids is 3. The SMILES string of the molecule is C#CCCN(C)[C@@H]1C[C@H](O[C@@H]2[C@@H](C)C(=O)[C@@H](C)C(=O)O[C@H](I)[C@@](C)(OC=O)[C@@H]3NC4COCC4N=C([C@@H]4CO[C@]2(C)C4)[C@@H]3C)O[C@H](C)C1. The van der Waals surface area contributed by atoms with Crippen LogP contribution in [0.3, 0.4) is 0 Å². The van der Waals surface area contributed by atoms with Crippen molar-refractivity contribution in [3.8, 4) is 12.3 Å². The number of nitrogens with one attached hydrogen (secondary N) is 1. The van der Waals surface area contributed by atoms with Gasteiger partial charge in [-0.3, -0.25) is 19.4 Å². The first kappa shape index (κ1) is 37.6. The highest BCUT2D eigenvalue weighted by Gasteiger charge is 2.56. The number of halogens is 1. The van der Waals surface area contributed by atoms with Crippen molar-refractivity contribution in [3.63, 3.8) is 0 Å². The van der Waals surface area contributed by atoms with Crippen LogP contribution in [0.4, 0.5) is 0 Å². The lowest BCUT2D eigenvalue weighted by Gasteiger charge is -2.44. The van der Waals surface area contributed by atoms with Crippen LogP contribution in [0.15, 0.2) is 4.99 Å². The Morgan fingerprint density at radius 3 is 2.60 bits per heavy atom. The molecule has 0 aromatic heterocycles. The lowest BCUT2D eigenvalue weighted by Crippen LogP contribution is -2.63. The molecule has 5 aliphatic heterocycles. The topological polar surface area (TPSA) is 134 Å². The number of hydrogen-bond acceptors (Lipinski definition) is 12. The Morgan fingerprint density at radius 1 is 1.15 bits per heavy atom. The van der Waals surface area contributed by atoms with Crippen LogP contribution in [0, 0.1) is 36.0 Å². The van der Waals surface area contributed by atoms with Crippen LogP contribution in [0.5, 0.6) is 0 Å². The number of carbonyl (C=O) groups is 3. The van der Waals surface area contributed by atoms with Gasteiger partial charge in [-0.1, -0.05) is 13.8 Å². The molecule has 4 saturated heterocycles. The van der Waals surface area contributed by atoms with Crippen molar-refractivity contribution in [1.29, 1.82) is 0 Å². The Labute approximate surface area is 298 Å². The maximum absolute atomic E-state index is 14.1. The minimum atomic E-state index is -1.29. The molecule has 14 atom stereocenters. The van der Waals surface area contributed by atoms with Gasteiger partial charge in [0.05, 0.1) is 55.8 Å². The Kier molecular flexibility index (Phi) is 12.0. The molecule has 48 heavy (non-hydrogen) atoms. The van der Waals surface area contributed by atoms with E-state index in [0.29, 0.717) is 45.6 Å². The number of rotatable bonds is 7. The fourth-order valence-corrected chi connectivity index (χ4v) is 9.14. The quantitative estimate of drug-likeness (QED) is 0.102. The van der Waals surface area contributed by atoms with Gasteiger partial charge in [0.15, 0.2) is 21.8 Å². The van der Waals surface area contributed by atoms with Gasteiger partial charge in [0.1, 0.15) is 5.92 Å². The summed E-state index contributed by atoms with van der Waals surface area (Å²) in [5.41, 5.74) is -1.27. The Bertz CT molecular complexity index is 1280. The van der Waals surface area contributed by atoms with Crippen LogP contribution in [-0.2, 0) is 42.8 Å². The zero-order valence-electron chi connectivity index (χ0n) is 29.2. The highest BCUT2D eigenvalue weighted by Crippen LogP contribution is 2.44. The first-order chi connectivity index (χ1) is 22.7. The van der Waals surface area contributed by atoms with E-state index in [0.717, 1.165) is 18.7 Å². The maximum Gasteiger partial charge on any atom is 0.317 e. The summed E-state index contributed by atoms with van der Waals surface area (Å²) in [5.74, 6) is -0.483. The highest BCUT2D eigenvalue weighted by molar-refractivity contribution is 14.1. The number of esters is 1. The number of nitrogens with zero attached hydrogens (tertiary/aromatic N) is 2. The molecule has 0 aliphatic carbocycles. The first-order valence-electron chi connectivity index (χ1n) is 17.2. The van der Waals surface area contributed by atoms with Crippen molar-refractivity contribution < 1.29 is 42.8 Å². The van der Waals surface area contributed by atoms with Crippen LogP contribution in [0.25, 0.3) is 0 Å². The van der Waals surface area contributed by atoms with Crippen LogP contribution < -0.4 is 5.32 Å². The summed E-state index contributed by atoms with van der Waals surface area (Å²) in [6.07, 6.45) is 6.78. The largest absolute Gasteiger partial charge is 0.455 e. The van der Waals surface area contributed by atoms with Crippen molar-refractivity contribution in [2.24, 2.45) is 28.7 Å². The van der Waals surface area contributed by atoms with E-state index in [1.165, 1.54) is 0 Å². The van der Waals surface area contributed by atoms with E-state index < -0.39 is 51.6 Å². The zero-order chi connectivity index (χ0) is 35.0. The fraction of sp³-hybridized carbons (Fsp3) is 0.829. The van der Waals surface area contributed by atoms with E-state index in [9.17, 15) is 14.4 Å². The summed E-state index contributed by atoms with van der Waals surface area (Å²) in [6.45, 7) is 13.6. The second-order valence-electron chi connectivity index (χ2n) is 14.8. The van der Waals surface area contributed by atoms with Gasteiger partial charge >= 0.3 is 5.97 Å². The van der Waals surface area contributed by atoms with Gasteiger partial charge in [0, 0.05) is 48.9 Å². The molecule has 5 heterocycles. The third-order valence-electron chi connectivity index (χ3n) is 11.3. The molecule has 0 saturated carbocycles. The van der Waals surface area contributed by atoms with Crippen molar-refractivity contribution in [2.45, 2.75) is 125 Å².